The Balaban J connectivity index is 1.49. The fraction of sp³-hybridized carbons (Fsp3) is 0.650. The first-order chi connectivity index (χ1) is 11.6. The molecule has 1 heterocycles. The van der Waals surface area contributed by atoms with Crippen molar-refractivity contribution in [1.29, 1.82) is 0 Å². The number of benzene rings is 1. The maximum absolute atomic E-state index is 12.5. The molecule has 0 bridgehead atoms. The summed E-state index contributed by atoms with van der Waals surface area (Å²) < 4.78 is 5.98. The topological polar surface area (TPSA) is 41.6 Å². The van der Waals surface area contributed by atoms with Crippen LogP contribution in [-0.4, -0.2) is 36.7 Å². The number of nitrogens with zero attached hydrogens (tertiary/aromatic N) is 1. The summed E-state index contributed by atoms with van der Waals surface area (Å²) in [5.74, 6) is 0.0349. The van der Waals surface area contributed by atoms with Gasteiger partial charge >= 0.3 is 0 Å². The Labute approximate surface area is 145 Å². The van der Waals surface area contributed by atoms with E-state index < -0.39 is 0 Å². The third kappa shape index (κ3) is 4.29. The van der Waals surface area contributed by atoms with E-state index in [1.165, 1.54) is 24.9 Å². The molecule has 0 unspecified atom stereocenters. The average molecular weight is 330 g/mol. The Kier molecular flexibility index (Phi) is 5.77. The van der Waals surface area contributed by atoms with E-state index in [2.05, 4.69) is 41.4 Å². The molecule has 1 amide bonds. The maximum atomic E-state index is 12.5. The van der Waals surface area contributed by atoms with Gasteiger partial charge in [0.15, 0.2) is 0 Å². The van der Waals surface area contributed by atoms with E-state index in [9.17, 15) is 4.79 Å². The summed E-state index contributed by atoms with van der Waals surface area (Å²) in [6.45, 7) is 4.98. The molecule has 0 spiro atoms. The van der Waals surface area contributed by atoms with Gasteiger partial charge < -0.3 is 15.0 Å². The van der Waals surface area contributed by atoms with Crippen molar-refractivity contribution in [3.8, 4) is 0 Å². The molecule has 1 saturated carbocycles. The number of hydrogen-bond acceptors (Lipinski definition) is 3. The van der Waals surface area contributed by atoms with E-state index in [0.717, 1.165) is 25.8 Å². The van der Waals surface area contributed by atoms with Crippen LogP contribution in [0.4, 0.5) is 5.69 Å². The summed E-state index contributed by atoms with van der Waals surface area (Å²) in [7, 11) is 0. The SMILES string of the molecule is C[C@H](OC1CCCCC1)C(=O)N[C@H]1C[C@H](C)N(c2ccccc2)C1. The molecular weight excluding hydrogens is 300 g/mol. The van der Waals surface area contributed by atoms with Gasteiger partial charge in [0.1, 0.15) is 6.10 Å². The number of anilines is 1. The minimum Gasteiger partial charge on any atom is -0.367 e. The van der Waals surface area contributed by atoms with E-state index in [0.29, 0.717) is 6.04 Å². The molecule has 1 N–H and O–H groups in total. The van der Waals surface area contributed by atoms with Crippen molar-refractivity contribution in [2.45, 2.75) is 76.7 Å². The van der Waals surface area contributed by atoms with Crippen LogP contribution in [0.2, 0.25) is 0 Å². The molecule has 1 saturated heterocycles. The second-order valence-electron chi connectivity index (χ2n) is 7.32. The fourth-order valence-corrected chi connectivity index (χ4v) is 3.99. The largest absolute Gasteiger partial charge is 0.367 e. The highest BCUT2D eigenvalue weighted by atomic mass is 16.5. The number of amides is 1. The molecule has 1 aliphatic heterocycles. The van der Waals surface area contributed by atoms with Crippen molar-refractivity contribution < 1.29 is 9.53 Å². The van der Waals surface area contributed by atoms with Gasteiger partial charge in [-0.2, -0.15) is 0 Å². The van der Waals surface area contributed by atoms with Gasteiger partial charge in [0, 0.05) is 24.3 Å². The summed E-state index contributed by atoms with van der Waals surface area (Å²) in [4.78, 5) is 14.8. The van der Waals surface area contributed by atoms with Gasteiger partial charge in [-0.1, -0.05) is 37.5 Å². The van der Waals surface area contributed by atoms with Crippen LogP contribution in [0.3, 0.4) is 0 Å². The van der Waals surface area contributed by atoms with Crippen LogP contribution < -0.4 is 10.2 Å². The summed E-state index contributed by atoms with van der Waals surface area (Å²) in [6, 6.07) is 11.1. The molecule has 4 heteroatoms. The van der Waals surface area contributed by atoms with E-state index in [1.54, 1.807) is 0 Å². The van der Waals surface area contributed by atoms with Crippen molar-refractivity contribution in [2.75, 3.05) is 11.4 Å². The molecule has 2 fully saturated rings. The van der Waals surface area contributed by atoms with Gasteiger partial charge in [-0.3, -0.25) is 4.79 Å². The number of rotatable bonds is 5. The predicted molar refractivity (Wildman–Crippen MR) is 97.2 cm³/mol. The summed E-state index contributed by atoms with van der Waals surface area (Å²) in [6.07, 6.45) is 6.85. The number of carbonyl (C=O) groups excluding carboxylic acids is 1. The van der Waals surface area contributed by atoms with E-state index in [4.69, 9.17) is 4.74 Å². The Hall–Kier alpha value is -1.55. The average Bonchev–Trinajstić information content (AvgIpc) is 2.97. The fourth-order valence-electron chi connectivity index (χ4n) is 3.99. The van der Waals surface area contributed by atoms with Crippen LogP contribution in [-0.2, 0) is 9.53 Å². The van der Waals surface area contributed by atoms with Crippen LogP contribution in [0.25, 0.3) is 0 Å². The third-order valence-corrected chi connectivity index (χ3v) is 5.33. The van der Waals surface area contributed by atoms with Gasteiger partial charge in [0.05, 0.1) is 6.10 Å². The monoisotopic (exact) mass is 330 g/mol. The molecule has 3 rings (SSSR count). The maximum Gasteiger partial charge on any atom is 0.249 e. The van der Waals surface area contributed by atoms with Crippen molar-refractivity contribution in [3.63, 3.8) is 0 Å². The zero-order valence-electron chi connectivity index (χ0n) is 14.9. The Morgan fingerprint density at radius 1 is 1.21 bits per heavy atom. The molecule has 0 aromatic heterocycles. The highest BCUT2D eigenvalue weighted by Crippen LogP contribution is 2.25. The lowest BCUT2D eigenvalue weighted by molar-refractivity contribution is -0.137. The first-order valence-corrected chi connectivity index (χ1v) is 9.41. The number of carbonyl (C=O) groups is 1. The van der Waals surface area contributed by atoms with E-state index in [-0.39, 0.29) is 24.2 Å². The van der Waals surface area contributed by atoms with Gasteiger partial charge in [0.25, 0.3) is 0 Å². The molecule has 3 atom stereocenters. The van der Waals surface area contributed by atoms with Crippen molar-refractivity contribution in [3.05, 3.63) is 30.3 Å². The Morgan fingerprint density at radius 2 is 1.92 bits per heavy atom. The number of hydrogen-bond donors (Lipinski definition) is 1. The van der Waals surface area contributed by atoms with Crippen LogP contribution >= 0.6 is 0 Å². The molecular formula is C20H30N2O2. The zero-order chi connectivity index (χ0) is 16.9. The van der Waals surface area contributed by atoms with Crippen LogP contribution in [0, 0.1) is 0 Å². The number of nitrogens with one attached hydrogen (secondary N) is 1. The summed E-state index contributed by atoms with van der Waals surface area (Å²) >= 11 is 0. The molecule has 24 heavy (non-hydrogen) atoms. The van der Waals surface area contributed by atoms with E-state index in [1.807, 2.05) is 13.0 Å². The third-order valence-electron chi connectivity index (χ3n) is 5.33. The van der Waals surface area contributed by atoms with Gasteiger partial charge in [-0.25, -0.2) is 0 Å². The van der Waals surface area contributed by atoms with Crippen LogP contribution in [0.5, 0.6) is 0 Å². The summed E-state index contributed by atoms with van der Waals surface area (Å²) in [5.41, 5.74) is 1.23. The highest BCUT2D eigenvalue weighted by Gasteiger charge is 2.31. The number of para-hydroxylation sites is 1. The minimum absolute atomic E-state index is 0.0349. The second-order valence-corrected chi connectivity index (χ2v) is 7.32. The number of ether oxygens (including phenoxy) is 1. The molecule has 1 aliphatic carbocycles. The molecule has 0 radical (unpaired) electrons. The smallest absolute Gasteiger partial charge is 0.249 e. The quantitative estimate of drug-likeness (QED) is 0.898. The van der Waals surface area contributed by atoms with Gasteiger partial charge in [0.2, 0.25) is 5.91 Å². The lowest BCUT2D eigenvalue weighted by Crippen LogP contribution is -2.43. The first-order valence-electron chi connectivity index (χ1n) is 9.41. The van der Waals surface area contributed by atoms with Crippen LogP contribution in [0.15, 0.2) is 30.3 Å². The molecule has 2 aliphatic rings. The lowest BCUT2D eigenvalue weighted by Gasteiger charge is -2.26. The molecule has 4 nitrogen and oxygen atoms in total. The Morgan fingerprint density at radius 3 is 2.62 bits per heavy atom. The Bertz CT molecular complexity index is 528. The predicted octanol–water partition coefficient (Wildman–Crippen LogP) is 3.51. The standard InChI is InChI=1S/C20H30N2O2/c1-15-13-17(14-22(15)18-9-5-3-6-10-18)21-20(23)16(2)24-19-11-7-4-8-12-19/h3,5-6,9-10,15-17,19H,4,7-8,11-14H2,1-2H3,(H,21,23)/t15-,16-,17-/m0/s1. The highest BCUT2D eigenvalue weighted by molar-refractivity contribution is 5.80. The van der Waals surface area contributed by atoms with Gasteiger partial charge in [-0.05, 0) is 45.2 Å². The van der Waals surface area contributed by atoms with Crippen LogP contribution in [0.1, 0.15) is 52.4 Å². The lowest BCUT2D eigenvalue weighted by atomic mass is 9.97. The molecule has 1 aromatic rings. The van der Waals surface area contributed by atoms with E-state index >= 15 is 0 Å². The first kappa shape index (κ1) is 17.3. The zero-order valence-corrected chi connectivity index (χ0v) is 14.9. The molecule has 1 aromatic carbocycles. The van der Waals surface area contributed by atoms with Crippen molar-refractivity contribution >= 4 is 11.6 Å². The normalized spacial score (nSPS) is 26.3. The van der Waals surface area contributed by atoms with Crippen molar-refractivity contribution in [2.24, 2.45) is 0 Å². The summed E-state index contributed by atoms with van der Waals surface area (Å²) in [5, 5.41) is 3.19. The second kappa shape index (κ2) is 8.02. The van der Waals surface area contributed by atoms with Gasteiger partial charge in [-0.15, -0.1) is 0 Å². The molecule has 132 valence electrons. The van der Waals surface area contributed by atoms with Crippen molar-refractivity contribution in [1.82, 2.24) is 5.32 Å². The minimum atomic E-state index is -0.353.